The highest BCUT2D eigenvalue weighted by atomic mass is 35.5. The Morgan fingerprint density at radius 3 is 2.57 bits per heavy atom. The van der Waals surface area contributed by atoms with Gasteiger partial charge in [0, 0.05) is 11.6 Å². The zero-order chi connectivity index (χ0) is 17.0. The number of carbonyl (C=O) groups excluding carboxylic acids is 3. The first-order valence-corrected chi connectivity index (χ1v) is 7.87. The Bertz CT molecular complexity index is 583. The Morgan fingerprint density at radius 2 is 2.00 bits per heavy atom. The molecule has 0 radical (unpaired) electrons. The standard InChI is InChI=1S/C16H20ClN3O3/c1-10(2)8-18-14(21)9-20-15(22)7-13(19-16(20)23)11-3-5-12(17)6-4-11/h3-6,10,13H,7-9H2,1-2H3,(H,18,21)(H,19,23). The van der Waals surface area contributed by atoms with Gasteiger partial charge in [-0.1, -0.05) is 37.6 Å². The number of nitrogens with one attached hydrogen (secondary N) is 2. The molecule has 0 bridgehead atoms. The molecule has 1 aliphatic rings. The lowest BCUT2D eigenvalue weighted by Crippen LogP contribution is -2.54. The van der Waals surface area contributed by atoms with Crippen LogP contribution in [-0.2, 0) is 9.59 Å². The van der Waals surface area contributed by atoms with E-state index in [1.165, 1.54) is 0 Å². The van der Waals surface area contributed by atoms with Crippen molar-refractivity contribution in [3.05, 3.63) is 34.9 Å². The molecule has 0 spiro atoms. The highest BCUT2D eigenvalue weighted by Crippen LogP contribution is 2.23. The third-order valence-corrected chi connectivity index (χ3v) is 3.76. The lowest BCUT2D eigenvalue weighted by atomic mass is 10.0. The lowest BCUT2D eigenvalue weighted by molar-refractivity contribution is -0.134. The average Bonchev–Trinajstić information content (AvgIpc) is 2.49. The molecule has 1 saturated heterocycles. The van der Waals surface area contributed by atoms with Crippen LogP contribution in [0.15, 0.2) is 24.3 Å². The van der Waals surface area contributed by atoms with Crippen molar-refractivity contribution in [1.82, 2.24) is 15.5 Å². The fraction of sp³-hybridized carbons (Fsp3) is 0.438. The molecule has 1 fully saturated rings. The van der Waals surface area contributed by atoms with Crippen molar-refractivity contribution in [2.75, 3.05) is 13.1 Å². The SMILES string of the molecule is CC(C)CNC(=O)CN1C(=O)CC(c2ccc(Cl)cc2)NC1=O. The van der Waals surface area contributed by atoms with Gasteiger partial charge in [-0.3, -0.25) is 14.5 Å². The highest BCUT2D eigenvalue weighted by Gasteiger charge is 2.33. The quantitative estimate of drug-likeness (QED) is 0.863. The van der Waals surface area contributed by atoms with E-state index >= 15 is 0 Å². The van der Waals surface area contributed by atoms with E-state index < -0.39 is 12.1 Å². The molecule has 2 N–H and O–H groups in total. The maximum absolute atomic E-state index is 12.2. The minimum atomic E-state index is -0.555. The number of hydrogen-bond donors (Lipinski definition) is 2. The molecule has 1 heterocycles. The molecule has 0 saturated carbocycles. The van der Waals surface area contributed by atoms with Crippen LogP contribution in [0.2, 0.25) is 5.02 Å². The van der Waals surface area contributed by atoms with E-state index in [9.17, 15) is 14.4 Å². The van der Waals surface area contributed by atoms with E-state index in [2.05, 4.69) is 10.6 Å². The van der Waals surface area contributed by atoms with Crippen molar-refractivity contribution < 1.29 is 14.4 Å². The number of rotatable bonds is 5. The third-order valence-electron chi connectivity index (χ3n) is 3.50. The first-order valence-electron chi connectivity index (χ1n) is 7.50. The maximum atomic E-state index is 12.2. The van der Waals surface area contributed by atoms with Crippen LogP contribution >= 0.6 is 11.6 Å². The topological polar surface area (TPSA) is 78.5 Å². The van der Waals surface area contributed by atoms with Crippen molar-refractivity contribution in [1.29, 1.82) is 0 Å². The summed E-state index contributed by atoms with van der Waals surface area (Å²) in [5.74, 6) is -0.403. The summed E-state index contributed by atoms with van der Waals surface area (Å²) in [4.78, 5) is 37.0. The molecule has 1 aliphatic heterocycles. The van der Waals surface area contributed by atoms with Crippen LogP contribution < -0.4 is 10.6 Å². The third kappa shape index (κ3) is 4.69. The number of nitrogens with zero attached hydrogens (tertiary/aromatic N) is 1. The minimum absolute atomic E-state index is 0.116. The Hall–Kier alpha value is -2.08. The minimum Gasteiger partial charge on any atom is -0.354 e. The molecule has 1 atom stereocenters. The smallest absolute Gasteiger partial charge is 0.325 e. The Kier molecular flexibility index (Phi) is 5.60. The molecule has 2 rings (SSSR count). The first kappa shape index (κ1) is 17.3. The number of imide groups is 1. The summed E-state index contributed by atoms with van der Waals surface area (Å²) in [5.41, 5.74) is 0.806. The molecule has 4 amide bonds. The van der Waals surface area contributed by atoms with Crippen LogP contribution in [0.25, 0.3) is 0 Å². The zero-order valence-corrected chi connectivity index (χ0v) is 13.9. The van der Waals surface area contributed by atoms with Crippen molar-refractivity contribution in [2.45, 2.75) is 26.3 Å². The van der Waals surface area contributed by atoms with Crippen LogP contribution in [0, 0.1) is 5.92 Å². The van der Waals surface area contributed by atoms with Gasteiger partial charge in [0.1, 0.15) is 6.54 Å². The molecular weight excluding hydrogens is 318 g/mol. The maximum Gasteiger partial charge on any atom is 0.325 e. The van der Waals surface area contributed by atoms with Gasteiger partial charge in [0.05, 0.1) is 12.5 Å². The monoisotopic (exact) mass is 337 g/mol. The second-order valence-electron chi connectivity index (χ2n) is 5.94. The van der Waals surface area contributed by atoms with Crippen molar-refractivity contribution in [2.24, 2.45) is 5.92 Å². The van der Waals surface area contributed by atoms with Crippen molar-refractivity contribution >= 4 is 29.4 Å². The van der Waals surface area contributed by atoms with Gasteiger partial charge in [-0.15, -0.1) is 0 Å². The predicted octanol–water partition coefficient (Wildman–Crippen LogP) is 2.10. The average molecular weight is 338 g/mol. The van der Waals surface area contributed by atoms with Crippen LogP contribution in [0.4, 0.5) is 4.79 Å². The lowest BCUT2D eigenvalue weighted by Gasteiger charge is -2.31. The van der Waals surface area contributed by atoms with Crippen LogP contribution in [0.5, 0.6) is 0 Å². The van der Waals surface area contributed by atoms with Gasteiger partial charge in [0.25, 0.3) is 0 Å². The van der Waals surface area contributed by atoms with Gasteiger partial charge in [0.15, 0.2) is 0 Å². The molecule has 1 aromatic carbocycles. The first-order chi connectivity index (χ1) is 10.9. The molecule has 0 aliphatic carbocycles. The molecule has 124 valence electrons. The van der Waals surface area contributed by atoms with E-state index in [4.69, 9.17) is 11.6 Å². The van der Waals surface area contributed by atoms with Crippen LogP contribution in [0.3, 0.4) is 0 Å². The summed E-state index contributed by atoms with van der Waals surface area (Å²) in [6, 6.07) is 6.00. The summed E-state index contributed by atoms with van der Waals surface area (Å²) in [6.07, 6.45) is 0.116. The normalized spacial score (nSPS) is 18.1. The van der Waals surface area contributed by atoms with Crippen LogP contribution in [0.1, 0.15) is 31.9 Å². The molecule has 6 nitrogen and oxygen atoms in total. The summed E-state index contributed by atoms with van der Waals surface area (Å²) in [5, 5.41) is 6.03. The van der Waals surface area contributed by atoms with Gasteiger partial charge in [-0.25, -0.2) is 4.79 Å². The Labute approximate surface area is 140 Å². The Morgan fingerprint density at radius 1 is 1.35 bits per heavy atom. The molecule has 1 unspecified atom stereocenters. The van der Waals surface area contributed by atoms with E-state index in [0.29, 0.717) is 17.5 Å². The molecule has 0 aromatic heterocycles. The van der Waals surface area contributed by atoms with E-state index in [-0.39, 0.29) is 24.8 Å². The molecular formula is C16H20ClN3O3. The zero-order valence-electron chi connectivity index (χ0n) is 13.1. The second-order valence-corrected chi connectivity index (χ2v) is 6.37. The number of benzene rings is 1. The second kappa shape index (κ2) is 7.46. The van der Waals surface area contributed by atoms with Gasteiger partial charge >= 0.3 is 6.03 Å². The molecule has 7 heteroatoms. The summed E-state index contributed by atoms with van der Waals surface area (Å²) >= 11 is 5.83. The van der Waals surface area contributed by atoms with Crippen LogP contribution in [-0.4, -0.2) is 35.8 Å². The number of halogens is 1. The van der Waals surface area contributed by atoms with Crippen molar-refractivity contribution in [3.8, 4) is 0 Å². The van der Waals surface area contributed by atoms with E-state index in [1.54, 1.807) is 24.3 Å². The summed E-state index contributed by atoms with van der Waals surface area (Å²) in [7, 11) is 0. The summed E-state index contributed by atoms with van der Waals surface area (Å²) in [6.45, 7) is 4.19. The highest BCUT2D eigenvalue weighted by molar-refractivity contribution is 6.30. The van der Waals surface area contributed by atoms with E-state index in [0.717, 1.165) is 10.5 Å². The molecule has 1 aromatic rings. The predicted molar refractivity (Wildman–Crippen MR) is 86.9 cm³/mol. The fourth-order valence-corrected chi connectivity index (χ4v) is 2.38. The van der Waals surface area contributed by atoms with Gasteiger partial charge in [-0.2, -0.15) is 0 Å². The fourth-order valence-electron chi connectivity index (χ4n) is 2.25. The number of carbonyl (C=O) groups is 3. The van der Waals surface area contributed by atoms with Gasteiger partial charge < -0.3 is 10.6 Å². The largest absolute Gasteiger partial charge is 0.354 e. The molecule has 23 heavy (non-hydrogen) atoms. The van der Waals surface area contributed by atoms with Gasteiger partial charge in [0.2, 0.25) is 11.8 Å². The number of urea groups is 1. The van der Waals surface area contributed by atoms with E-state index in [1.807, 2.05) is 13.8 Å². The van der Waals surface area contributed by atoms with Gasteiger partial charge in [-0.05, 0) is 23.6 Å². The number of hydrogen-bond acceptors (Lipinski definition) is 3. The van der Waals surface area contributed by atoms with Crippen molar-refractivity contribution in [3.63, 3.8) is 0 Å². The summed E-state index contributed by atoms with van der Waals surface area (Å²) < 4.78 is 0. The Balaban J connectivity index is 1.97. The number of amides is 4.